The summed E-state index contributed by atoms with van der Waals surface area (Å²) in [6.07, 6.45) is 0. The minimum Gasteiger partial charge on any atom is -0.343 e. The summed E-state index contributed by atoms with van der Waals surface area (Å²) in [7, 11) is 3.95. The summed E-state index contributed by atoms with van der Waals surface area (Å²) >= 11 is 1.79. The Balaban J connectivity index is 1.44. The van der Waals surface area contributed by atoms with Crippen LogP contribution in [0, 0.1) is 13.8 Å². The predicted octanol–water partition coefficient (Wildman–Crippen LogP) is 8.35. The lowest BCUT2D eigenvalue weighted by Gasteiger charge is -2.16. The molecule has 5 heteroatoms. The van der Waals surface area contributed by atoms with Gasteiger partial charge in [0.15, 0.2) is 10.9 Å². The Morgan fingerprint density at radius 1 is 0.585 bits per heavy atom. The molecule has 0 bridgehead atoms. The molecule has 5 aromatic carbocycles. The van der Waals surface area contributed by atoms with E-state index >= 15 is 0 Å². The molecule has 198 valence electrons. The summed E-state index contributed by atoms with van der Waals surface area (Å²) in [5, 5.41) is 5.14. The van der Waals surface area contributed by atoms with Crippen LogP contribution >= 0.6 is 11.3 Å². The lowest BCUT2D eigenvalue weighted by Crippen LogP contribution is -2.14. The molecule has 0 aliphatic carbocycles. The highest BCUT2D eigenvalue weighted by atomic mass is 32.1. The van der Waals surface area contributed by atoms with Crippen molar-refractivity contribution in [3.8, 4) is 11.1 Å². The number of aromatic nitrogens is 2. The quantitative estimate of drug-likeness (QED) is 0.193. The molecule has 0 aliphatic heterocycles. The van der Waals surface area contributed by atoms with Crippen molar-refractivity contribution < 1.29 is 0 Å². The monoisotopic (exact) mass is 550 g/mol. The molecule has 0 spiro atoms. The van der Waals surface area contributed by atoms with Gasteiger partial charge in [0.05, 0.1) is 22.1 Å². The number of benzene rings is 5. The van der Waals surface area contributed by atoms with Gasteiger partial charge in [-0.2, -0.15) is 0 Å². The molecule has 0 unspecified atom stereocenters. The van der Waals surface area contributed by atoms with Gasteiger partial charge in [0, 0.05) is 55.8 Å². The first-order valence-corrected chi connectivity index (χ1v) is 14.5. The Morgan fingerprint density at radius 2 is 1.27 bits per heavy atom. The summed E-state index contributed by atoms with van der Waals surface area (Å²) in [5.74, 6) is 0. The molecular weight excluding hydrogens is 524 g/mol. The van der Waals surface area contributed by atoms with E-state index in [4.69, 9.17) is 0 Å². The van der Waals surface area contributed by atoms with Crippen LogP contribution in [0.3, 0.4) is 0 Å². The maximum atomic E-state index is 14.1. The molecule has 8 rings (SSSR count). The Hall–Kier alpha value is -4.74. The molecule has 3 heterocycles. The lowest BCUT2D eigenvalue weighted by atomic mass is 9.98. The van der Waals surface area contributed by atoms with Crippen LogP contribution in [-0.2, 0) is 14.1 Å². The van der Waals surface area contributed by atoms with Gasteiger partial charge in [-0.05, 0) is 72.5 Å². The Labute approximate surface area is 239 Å². The van der Waals surface area contributed by atoms with Gasteiger partial charge in [-0.3, -0.25) is 9.59 Å². The molecule has 41 heavy (non-hydrogen) atoms. The van der Waals surface area contributed by atoms with Crippen LogP contribution in [0.4, 0.5) is 0 Å². The van der Waals surface area contributed by atoms with Gasteiger partial charge in [-0.1, -0.05) is 48.5 Å². The first-order valence-electron chi connectivity index (χ1n) is 13.7. The third-order valence-electron chi connectivity index (χ3n) is 8.69. The zero-order chi connectivity index (χ0) is 28.2. The minimum atomic E-state index is -0.0201. The van der Waals surface area contributed by atoms with Crippen LogP contribution in [0.5, 0.6) is 0 Å². The van der Waals surface area contributed by atoms with Crippen molar-refractivity contribution in [3.05, 3.63) is 117 Å². The summed E-state index contributed by atoms with van der Waals surface area (Å²) in [6, 6.07) is 29.0. The van der Waals surface area contributed by atoms with E-state index in [2.05, 4.69) is 54.6 Å². The maximum absolute atomic E-state index is 14.1. The van der Waals surface area contributed by atoms with Crippen LogP contribution < -0.4 is 10.9 Å². The number of aryl methyl sites for hydroxylation is 4. The average molecular weight is 551 g/mol. The van der Waals surface area contributed by atoms with E-state index < -0.39 is 0 Å². The van der Waals surface area contributed by atoms with Gasteiger partial charge in [0.2, 0.25) is 0 Å². The second kappa shape index (κ2) is 8.38. The Bertz CT molecular complexity index is 2570. The fourth-order valence-corrected chi connectivity index (χ4v) is 7.93. The second-order valence-corrected chi connectivity index (χ2v) is 12.2. The van der Waals surface area contributed by atoms with Crippen LogP contribution in [0.2, 0.25) is 0 Å². The van der Waals surface area contributed by atoms with Gasteiger partial charge in [0.1, 0.15) is 0 Å². The molecule has 0 fully saturated rings. The molecule has 0 radical (unpaired) electrons. The zero-order valence-corrected chi connectivity index (χ0v) is 24.0. The topological polar surface area (TPSA) is 44.0 Å². The van der Waals surface area contributed by atoms with Gasteiger partial charge in [-0.15, -0.1) is 11.3 Å². The number of thiophene rings is 1. The average Bonchev–Trinajstić information content (AvgIpc) is 3.36. The molecule has 0 saturated heterocycles. The third kappa shape index (κ3) is 3.27. The lowest BCUT2D eigenvalue weighted by molar-refractivity contribution is 0.992. The SMILES string of the molecule is Cc1cc(C)c2c(=O)c3cc4c(cc3n(C)c2c1)c(=O)c1cc(-c2cccc3c2sc2ccccc23)ccc1n4C. The molecule has 4 nitrogen and oxygen atoms in total. The molecule has 0 N–H and O–H groups in total. The maximum Gasteiger partial charge on any atom is 0.197 e. The van der Waals surface area contributed by atoms with Crippen LogP contribution in [-0.4, -0.2) is 9.13 Å². The summed E-state index contributed by atoms with van der Waals surface area (Å²) in [4.78, 5) is 27.9. The molecular formula is C36H26N2O2S. The molecule has 0 saturated carbocycles. The van der Waals surface area contributed by atoms with Crippen molar-refractivity contribution in [2.75, 3.05) is 0 Å². The van der Waals surface area contributed by atoms with Gasteiger partial charge >= 0.3 is 0 Å². The third-order valence-corrected chi connectivity index (χ3v) is 9.91. The molecule has 8 aromatic rings. The number of pyridine rings is 2. The van der Waals surface area contributed by atoms with Crippen LogP contribution in [0.1, 0.15) is 11.1 Å². The summed E-state index contributed by atoms with van der Waals surface area (Å²) < 4.78 is 6.58. The Morgan fingerprint density at radius 3 is 2.07 bits per heavy atom. The van der Waals surface area contributed by atoms with Crippen molar-refractivity contribution >= 4 is 75.1 Å². The number of hydrogen-bond acceptors (Lipinski definition) is 3. The van der Waals surface area contributed by atoms with E-state index in [1.807, 2.05) is 67.4 Å². The largest absolute Gasteiger partial charge is 0.343 e. The van der Waals surface area contributed by atoms with E-state index in [-0.39, 0.29) is 10.9 Å². The smallest absolute Gasteiger partial charge is 0.197 e. The van der Waals surface area contributed by atoms with Crippen LogP contribution in [0.15, 0.2) is 94.5 Å². The fourth-order valence-electron chi connectivity index (χ4n) is 6.69. The summed E-state index contributed by atoms with van der Waals surface area (Å²) in [5.41, 5.74) is 7.47. The number of hydrogen-bond donors (Lipinski definition) is 0. The predicted molar refractivity (Wildman–Crippen MR) is 175 cm³/mol. The van der Waals surface area contributed by atoms with E-state index in [1.54, 1.807) is 11.3 Å². The first-order chi connectivity index (χ1) is 19.8. The molecule has 0 amide bonds. The van der Waals surface area contributed by atoms with E-state index in [0.717, 1.165) is 49.7 Å². The standard InChI is InChI=1S/C36H26N2O2S/c1-19-14-20(2)33-31(15-19)38(4)30-17-26-29(18-27(30)35(33)40)37(3)28-13-12-21(16-25(28)34(26)39)22-9-7-10-24-23-8-5-6-11-32(23)41-36(22)24/h5-18H,1-4H3. The number of rotatable bonds is 1. The van der Waals surface area contributed by atoms with Gasteiger partial charge in [0.25, 0.3) is 0 Å². The van der Waals surface area contributed by atoms with Crippen molar-refractivity contribution in [1.82, 2.24) is 9.13 Å². The highest BCUT2D eigenvalue weighted by Gasteiger charge is 2.17. The van der Waals surface area contributed by atoms with E-state index in [1.165, 1.54) is 20.2 Å². The normalized spacial score (nSPS) is 12.1. The highest BCUT2D eigenvalue weighted by Crippen LogP contribution is 2.40. The molecule has 0 aliphatic rings. The van der Waals surface area contributed by atoms with Crippen molar-refractivity contribution in [1.29, 1.82) is 0 Å². The Kier molecular flexibility index (Phi) is 4.93. The second-order valence-electron chi connectivity index (χ2n) is 11.2. The number of fused-ring (bicyclic) bond motifs is 7. The zero-order valence-electron chi connectivity index (χ0n) is 23.2. The number of nitrogens with zero attached hydrogens (tertiary/aromatic N) is 2. The minimum absolute atomic E-state index is 0.00632. The van der Waals surface area contributed by atoms with E-state index in [9.17, 15) is 9.59 Å². The van der Waals surface area contributed by atoms with Crippen LogP contribution in [0.25, 0.3) is 74.9 Å². The highest BCUT2D eigenvalue weighted by molar-refractivity contribution is 7.26. The van der Waals surface area contributed by atoms with Crippen molar-refractivity contribution in [2.24, 2.45) is 14.1 Å². The molecule has 3 aromatic heterocycles. The van der Waals surface area contributed by atoms with Crippen molar-refractivity contribution in [2.45, 2.75) is 13.8 Å². The van der Waals surface area contributed by atoms with E-state index in [0.29, 0.717) is 16.2 Å². The first kappa shape index (κ1) is 24.1. The van der Waals surface area contributed by atoms with Gasteiger partial charge < -0.3 is 9.13 Å². The van der Waals surface area contributed by atoms with Crippen molar-refractivity contribution in [3.63, 3.8) is 0 Å². The summed E-state index contributed by atoms with van der Waals surface area (Å²) in [6.45, 7) is 4.03. The fraction of sp³-hybridized carbons (Fsp3) is 0.111. The molecule has 0 atom stereocenters. The van der Waals surface area contributed by atoms with Gasteiger partial charge in [-0.25, -0.2) is 0 Å².